The Kier molecular flexibility index (Phi) is 6.67. The molecule has 31 heavy (non-hydrogen) atoms. The molecule has 7 nitrogen and oxygen atoms in total. The zero-order valence-corrected chi connectivity index (χ0v) is 18.7. The van der Waals surface area contributed by atoms with Crippen molar-refractivity contribution in [3.63, 3.8) is 0 Å². The van der Waals surface area contributed by atoms with Crippen molar-refractivity contribution >= 4 is 58.2 Å². The zero-order chi connectivity index (χ0) is 22.9. The lowest BCUT2D eigenvalue weighted by atomic mass is 10.1. The Morgan fingerprint density at radius 3 is 1.77 bits per heavy atom. The third-order valence-corrected chi connectivity index (χ3v) is 5.48. The number of halogens is 2. The van der Waals surface area contributed by atoms with Crippen molar-refractivity contribution in [2.45, 2.75) is 33.2 Å². The molecule has 0 saturated heterocycles. The fraction of sp³-hybridized carbons (Fsp3) is 0.273. The van der Waals surface area contributed by atoms with Crippen LogP contribution in [0.25, 0.3) is 0 Å². The quantitative estimate of drug-likeness (QED) is 0.614. The number of carbonyl (C=O) groups is 4. The van der Waals surface area contributed by atoms with Gasteiger partial charge in [0.2, 0.25) is 11.8 Å². The number of carbonyl (C=O) groups excluding carboxylic acids is 4. The molecule has 0 spiro atoms. The lowest BCUT2D eigenvalue weighted by Crippen LogP contribution is -2.45. The van der Waals surface area contributed by atoms with Gasteiger partial charge in [0.25, 0.3) is 11.8 Å². The molecule has 0 radical (unpaired) electrons. The van der Waals surface area contributed by atoms with E-state index in [0.717, 1.165) is 4.90 Å². The highest BCUT2D eigenvalue weighted by Crippen LogP contribution is 2.32. The minimum Gasteiger partial charge on any atom is -0.326 e. The molecule has 0 bridgehead atoms. The summed E-state index contributed by atoms with van der Waals surface area (Å²) >= 11 is 11.9. The maximum Gasteiger partial charge on any atom is 0.262 e. The third-order valence-electron chi connectivity index (χ3n) is 4.76. The number of anilines is 2. The first-order valence-corrected chi connectivity index (χ1v) is 10.4. The van der Waals surface area contributed by atoms with Gasteiger partial charge >= 0.3 is 0 Å². The second-order valence-corrected chi connectivity index (χ2v) is 8.50. The first kappa shape index (κ1) is 22.8. The fourth-order valence-corrected chi connectivity index (χ4v) is 3.52. The minimum atomic E-state index is -1.06. The Morgan fingerprint density at radius 1 is 0.871 bits per heavy atom. The summed E-state index contributed by atoms with van der Waals surface area (Å²) in [7, 11) is 0. The molecular formula is C22H21Cl2N3O4. The number of nitrogens with zero attached hydrogens (tertiary/aromatic N) is 1. The average molecular weight is 462 g/mol. The van der Waals surface area contributed by atoms with Crippen molar-refractivity contribution in [1.29, 1.82) is 0 Å². The molecule has 0 fully saturated rings. The van der Waals surface area contributed by atoms with Gasteiger partial charge in [0.05, 0.1) is 21.2 Å². The second-order valence-electron chi connectivity index (χ2n) is 7.68. The fourth-order valence-electron chi connectivity index (χ4n) is 3.19. The second kappa shape index (κ2) is 9.08. The highest BCUT2D eigenvalue weighted by atomic mass is 35.5. The van der Waals surface area contributed by atoms with E-state index in [9.17, 15) is 19.2 Å². The predicted molar refractivity (Wildman–Crippen MR) is 120 cm³/mol. The average Bonchev–Trinajstić information content (AvgIpc) is 2.92. The number of nitrogens with one attached hydrogen (secondary N) is 2. The van der Waals surface area contributed by atoms with Gasteiger partial charge in [-0.2, -0.15) is 0 Å². The minimum absolute atomic E-state index is 0.0914. The normalized spacial score (nSPS) is 13.9. The van der Waals surface area contributed by atoms with Gasteiger partial charge in [0.15, 0.2) is 0 Å². The Labute approximate surface area is 189 Å². The van der Waals surface area contributed by atoms with E-state index in [0.29, 0.717) is 17.8 Å². The van der Waals surface area contributed by atoms with Crippen molar-refractivity contribution in [1.82, 2.24) is 4.90 Å². The first-order valence-electron chi connectivity index (χ1n) is 9.66. The number of hydrogen-bond acceptors (Lipinski definition) is 4. The van der Waals surface area contributed by atoms with Gasteiger partial charge in [-0.25, -0.2) is 0 Å². The molecule has 9 heteroatoms. The summed E-state index contributed by atoms with van der Waals surface area (Å²) < 4.78 is 0. The van der Waals surface area contributed by atoms with E-state index in [2.05, 4.69) is 10.6 Å². The molecule has 1 heterocycles. The highest BCUT2D eigenvalue weighted by Gasteiger charge is 2.41. The summed E-state index contributed by atoms with van der Waals surface area (Å²) in [5, 5.41) is 5.76. The maximum atomic E-state index is 12.7. The van der Waals surface area contributed by atoms with E-state index >= 15 is 0 Å². The van der Waals surface area contributed by atoms with Crippen molar-refractivity contribution < 1.29 is 19.2 Å². The number of rotatable bonds is 6. The van der Waals surface area contributed by atoms with Crippen LogP contribution in [0.2, 0.25) is 10.0 Å². The number of hydrogen-bond donors (Lipinski definition) is 2. The van der Waals surface area contributed by atoms with Gasteiger partial charge < -0.3 is 10.6 Å². The summed E-state index contributed by atoms with van der Waals surface area (Å²) in [6.07, 6.45) is 0.409. The Morgan fingerprint density at radius 2 is 1.32 bits per heavy atom. The van der Waals surface area contributed by atoms with Crippen LogP contribution in [0.3, 0.4) is 0 Å². The van der Waals surface area contributed by atoms with Gasteiger partial charge in [-0.05, 0) is 49.2 Å². The molecule has 0 aromatic heterocycles. The number of fused-ring (bicyclic) bond motifs is 1. The van der Waals surface area contributed by atoms with Crippen molar-refractivity contribution in [3.05, 3.63) is 57.6 Å². The SMILES string of the molecule is CC(C)CC(=O)Nc1ccc(NC(=O)C(C)N2C(=O)c3cc(Cl)c(Cl)cc3C2=O)cc1. The summed E-state index contributed by atoms with van der Waals surface area (Å²) in [6.45, 7) is 5.37. The smallest absolute Gasteiger partial charge is 0.262 e. The summed E-state index contributed by atoms with van der Waals surface area (Å²) in [5.74, 6) is -1.60. The number of imide groups is 1. The maximum absolute atomic E-state index is 12.7. The molecule has 0 saturated carbocycles. The summed E-state index contributed by atoms with van der Waals surface area (Å²) in [4.78, 5) is 50.8. The molecule has 1 aliphatic rings. The summed E-state index contributed by atoms with van der Waals surface area (Å²) in [6, 6.07) is 8.16. The summed E-state index contributed by atoms with van der Waals surface area (Å²) in [5.41, 5.74) is 1.29. The van der Waals surface area contributed by atoms with Crippen LogP contribution in [0, 0.1) is 5.92 Å². The lowest BCUT2D eigenvalue weighted by molar-refractivity contribution is -0.119. The third kappa shape index (κ3) is 4.89. The topological polar surface area (TPSA) is 95.6 Å². The zero-order valence-electron chi connectivity index (χ0n) is 17.2. The molecule has 162 valence electrons. The molecule has 3 rings (SSSR count). The number of amides is 4. The van der Waals surface area contributed by atoms with Gasteiger partial charge in [-0.3, -0.25) is 24.1 Å². The number of benzene rings is 2. The Bertz CT molecular complexity index is 1030. The lowest BCUT2D eigenvalue weighted by Gasteiger charge is -2.21. The molecule has 1 unspecified atom stereocenters. The van der Waals surface area contributed by atoms with Gasteiger partial charge in [-0.15, -0.1) is 0 Å². The molecule has 2 aromatic carbocycles. The van der Waals surface area contributed by atoms with Gasteiger partial charge in [-0.1, -0.05) is 37.0 Å². The van der Waals surface area contributed by atoms with E-state index in [4.69, 9.17) is 23.2 Å². The van der Waals surface area contributed by atoms with Crippen molar-refractivity contribution in [2.24, 2.45) is 5.92 Å². The molecule has 2 aromatic rings. The molecular weight excluding hydrogens is 441 g/mol. The Hall–Kier alpha value is -2.90. The highest BCUT2D eigenvalue weighted by molar-refractivity contribution is 6.43. The van der Waals surface area contributed by atoms with Crippen LogP contribution in [0.4, 0.5) is 11.4 Å². The van der Waals surface area contributed by atoms with E-state index in [-0.39, 0.29) is 33.0 Å². The van der Waals surface area contributed by atoms with Crippen molar-refractivity contribution in [2.75, 3.05) is 10.6 Å². The molecule has 0 aliphatic carbocycles. The van der Waals surface area contributed by atoms with E-state index in [1.165, 1.54) is 19.1 Å². The van der Waals surface area contributed by atoms with Crippen LogP contribution in [-0.2, 0) is 9.59 Å². The first-order chi connectivity index (χ1) is 14.6. The monoisotopic (exact) mass is 461 g/mol. The van der Waals surface area contributed by atoms with Crippen LogP contribution in [0.5, 0.6) is 0 Å². The van der Waals surface area contributed by atoms with E-state index in [1.807, 2.05) is 13.8 Å². The van der Waals surface area contributed by atoms with Gasteiger partial charge in [0.1, 0.15) is 6.04 Å². The standard InChI is InChI=1S/C22H21Cl2N3O4/c1-11(2)8-19(28)25-13-4-6-14(7-5-13)26-20(29)12(3)27-21(30)15-9-17(23)18(24)10-16(15)22(27)31/h4-7,9-12H,8H2,1-3H3,(H,25,28)(H,26,29). The van der Waals surface area contributed by atoms with E-state index < -0.39 is 23.8 Å². The van der Waals surface area contributed by atoms with E-state index in [1.54, 1.807) is 24.3 Å². The van der Waals surface area contributed by atoms with Crippen LogP contribution in [0.1, 0.15) is 47.9 Å². The van der Waals surface area contributed by atoms with Gasteiger partial charge in [0, 0.05) is 17.8 Å². The molecule has 4 amide bonds. The molecule has 2 N–H and O–H groups in total. The van der Waals surface area contributed by atoms with Crippen LogP contribution >= 0.6 is 23.2 Å². The van der Waals surface area contributed by atoms with Crippen molar-refractivity contribution in [3.8, 4) is 0 Å². The molecule has 1 aliphatic heterocycles. The van der Waals surface area contributed by atoms with Crippen LogP contribution < -0.4 is 10.6 Å². The molecule has 1 atom stereocenters. The predicted octanol–water partition coefficient (Wildman–Crippen LogP) is 4.60. The Balaban J connectivity index is 1.68. The van der Waals surface area contributed by atoms with Crippen LogP contribution in [0.15, 0.2) is 36.4 Å². The largest absolute Gasteiger partial charge is 0.326 e. The van der Waals surface area contributed by atoms with Crippen LogP contribution in [-0.4, -0.2) is 34.6 Å².